The van der Waals surface area contributed by atoms with E-state index in [1.54, 1.807) is 25.1 Å². The Morgan fingerprint density at radius 1 is 1.48 bits per heavy atom. The van der Waals surface area contributed by atoms with Crippen LogP contribution in [0.5, 0.6) is 0 Å². The molecule has 1 atom stereocenters. The third-order valence-corrected chi connectivity index (χ3v) is 4.64. The van der Waals surface area contributed by atoms with Crippen molar-refractivity contribution in [1.29, 1.82) is 0 Å². The van der Waals surface area contributed by atoms with Crippen LogP contribution in [0.4, 0.5) is 0 Å². The highest BCUT2D eigenvalue weighted by atomic mass is 35.5. The molecule has 1 fully saturated rings. The number of esters is 1. The van der Waals surface area contributed by atoms with E-state index < -0.39 is 11.9 Å². The molecular weight excluding hydrogens is 340 g/mol. The van der Waals surface area contributed by atoms with E-state index in [1.807, 2.05) is 6.07 Å². The zero-order valence-corrected chi connectivity index (χ0v) is 14.2. The Morgan fingerprint density at radius 2 is 2.26 bits per heavy atom. The lowest BCUT2D eigenvalue weighted by atomic mass is 10.2. The van der Waals surface area contributed by atoms with E-state index in [-0.39, 0.29) is 31.0 Å². The third kappa shape index (κ3) is 4.87. The van der Waals surface area contributed by atoms with Gasteiger partial charge in [-0.15, -0.1) is 11.8 Å². The molecule has 23 heavy (non-hydrogen) atoms. The monoisotopic (exact) mass is 356 g/mol. The van der Waals surface area contributed by atoms with Gasteiger partial charge in [0.15, 0.2) is 0 Å². The van der Waals surface area contributed by atoms with E-state index in [2.05, 4.69) is 5.32 Å². The van der Waals surface area contributed by atoms with Crippen molar-refractivity contribution < 1.29 is 19.1 Å². The maximum Gasteiger partial charge on any atom is 0.325 e. The SMILES string of the molecule is CCOC(=O)CNC(=O)CN1C(=O)CSC1c1cccc(Cl)c1. The van der Waals surface area contributed by atoms with Crippen molar-refractivity contribution in [3.05, 3.63) is 34.9 Å². The number of benzene rings is 1. The summed E-state index contributed by atoms with van der Waals surface area (Å²) in [6.45, 7) is 1.63. The minimum Gasteiger partial charge on any atom is -0.465 e. The molecule has 2 amide bonds. The van der Waals surface area contributed by atoms with E-state index in [4.69, 9.17) is 16.3 Å². The van der Waals surface area contributed by atoms with E-state index in [9.17, 15) is 14.4 Å². The van der Waals surface area contributed by atoms with Crippen LogP contribution < -0.4 is 5.32 Å². The molecule has 0 radical (unpaired) electrons. The number of carbonyl (C=O) groups is 3. The third-order valence-electron chi connectivity index (χ3n) is 3.15. The number of hydrogen-bond acceptors (Lipinski definition) is 5. The summed E-state index contributed by atoms with van der Waals surface area (Å²) >= 11 is 7.43. The molecular formula is C15H17ClN2O4S. The Bertz CT molecular complexity index is 611. The molecule has 0 spiro atoms. The van der Waals surface area contributed by atoms with Crippen molar-refractivity contribution in [3.8, 4) is 0 Å². The summed E-state index contributed by atoms with van der Waals surface area (Å²) in [7, 11) is 0. The fourth-order valence-electron chi connectivity index (χ4n) is 2.15. The van der Waals surface area contributed by atoms with Gasteiger partial charge in [-0.05, 0) is 24.6 Å². The van der Waals surface area contributed by atoms with Crippen molar-refractivity contribution >= 4 is 41.1 Å². The molecule has 1 aliphatic heterocycles. The van der Waals surface area contributed by atoms with Gasteiger partial charge in [-0.3, -0.25) is 14.4 Å². The zero-order chi connectivity index (χ0) is 16.8. The molecule has 8 heteroatoms. The van der Waals surface area contributed by atoms with Crippen LogP contribution in [0.2, 0.25) is 5.02 Å². The van der Waals surface area contributed by atoms with Gasteiger partial charge in [-0.1, -0.05) is 23.7 Å². The van der Waals surface area contributed by atoms with E-state index >= 15 is 0 Å². The first-order chi connectivity index (χ1) is 11.0. The molecule has 1 aliphatic rings. The molecule has 0 saturated carbocycles. The summed E-state index contributed by atoms with van der Waals surface area (Å²) < 4.78 is 4.73. The van der Waals surface area contributed by atoms with E-state index in [1.165, 1.54) is 16.7 Å². The number of ether oxygens (including phenoxy) is 1. The fraction of sp³-hybridized carbons (Fsp3) is 0.400. The normalized spacial score (nSPS) is 17.2. The van der Waals surface area contributed by atoms with Crippen LogP contribution in [0.25, 0.3) is 0 Å². The van der Waals surface area contributed by atoms with Crippen LogP contribution in [0.3, 0.4) is 0 Å². The molecule has 1 aromatic carbocycles. The van der Waals surface area contributed by atoms with Crippen molar-refractivity contribution in [2.24, 2.45) is 0 Å². The topological polar surface area (TPSA) is 75.7 Å². The Morgan fingerprint density at radius 3 is 2.96 bits per heavy atom. The lowest BCUT2D eigenvalue weighted by molar-refractivity contribution is -0.143. The average molecular weight is 357 g/mol. The van der Waals surface area contributed by atoms with Gasteiger partial charge in [0.05, 0.1) is 12.4 Å². The van der Waals surface area contributed by atoms with Gasteiger partial charge in [0.2, 0.25) is 11.8 Å². The Kier molecular flexibility index (Phi) is 6.29. The van der Waals surface area contributed by atoms with Gasteiger partial charge in [0.1, 0.15) is 18.5 Å². The van der Waals surface area contributed by atoms with E-state index in [0.29, 0.717) is 10.8 Å². The van der Waals surface area contributed by atoms with Crippen LogP contribution >= 0.6 is 23.4 Å². The fourth-order valence-corrected chi connectivity index (χ4v) is 3.53. The number of rotatable bonds is 6. The molecule has 0 aliphatic carbocycles. The highest BCUT2D eigenvalue weighted by molar-refractivity contribution is 8.00. The second-order valence-electron chi connectivity index (χ2n) is 4.82. The molecule has 2 rings (SSSR count). The number of hydrogen-bond donors (Lipinski definition) is 1. The summed E-state index contributed by atoms with van der Waals surface area (Å²) in [5.74, 6) is -0.718. The highest BCUT2D eigenvalue weighted by Crippen LogP contribution is 2.38. The van der Waals surface area contributed by atoms with Gasteiger partial charge < -0.3 is 15.0 Å². The molecule has 0 aromatic heterocycles. The number of thioether (sulfide) groups is 1. The van der Waals surface area contributed by atoms with Crippen molar-refractivity contribution in [1.82, 2.24) is 10.2 Å². The first-order valence-corrected chi connectivity index (χ1v) is 8.52. The highest BCUT2D eigenvalue weighted by Gasteiger charge is 2.34. The second-order valence-corrected chi connectivity index (χ2v) is 6.33. The molecule has 1 unspecified atom stereocenters. The predicted molar refractivity (Wildman–Crippen MR) is 88.0 cm³/mol. The summed E-state index contributed by atoms with van der Waals surface area (Å²) in [6.07, 6.45) is 0. The zero-order valence-electron chi connectivity index (χ0n) is 12.6. The first-order valence-electron chi connectivity index (χ1n) is 7.10. The molecule has 6 nitrogen and oxygen atoms in total. The number of carbonyl (C=O) groups excluding carboxylic acids is 3. The quantitative estimate of drug-likeness (QED) is 0.783. The number of amides is 2. The lowest BCUT2D eigenvalue weighted by Gasteiger charge is -2.23. The Balaban J connectivity index is 1.97. The summed E-state index contributed by atoms with van der Waals surface area (Å²) in [5.41, 5.74) is 0.867. The summed E-state index contributed by atoms with van der Waals surface area (Å²) in [4.78, 5) is 36.7. The van der Waals surface area contributed by atoms with Crippen LogP contribution in [0.1, 0.15) is 17.9 Å². The van der Waals surface area contributed by atoms with Gasteiger partial charge in [-0.2, -0.15) is 0 Å². The minimum absolute atomic E-state index is 0.109. The predicted octanol–water partition coefficient (Wildman–Crippen LogP) is 1.59. The number of nitrogens with zero attached hydrogens (tertiary/aromatic N) is 1. The van der Waals surface area contributed by atoms with Crippen molar-refractivity contribution in [2.75, 3.05) is 25.4 Å². The van der Waals surface area contributed by atoms with E-state index in [0.717, 1.165) is 5.56 Å². The lowest BCUT2D eigenvalue weighted by Crippen LogP contribution is -2.41. The van der Waals surface area contributed by atoms with Gasteiger partial charge in [-0.25, -0.2) is 0 Å². The molecule has 1 heterocycles. The van der Waals surface area contributed by atoms with Gasteiger partial charge in [0.25, 0.3) is 0 Å². The van der Waals surface area contributed by atoms with Gasteiger partial charge >= 0.3 is 5.97 Å². The molecule has 0 bridgehead atoms. The average Bonchev–Trinajstić information content (AvgIpc) is 2.87. The van der Waals surface area contributed by atoms with Crippen LogP contribution in [-0.2, 0) is 19.1 Å². The van der Waals surface area contributed by atoms with Crippen LogP contribution in [0.15, 0.2) is 24.3 Å². The van der Waals surface area contributed by atoms with Crippen LogP contribution in [-0.4, -0.2) is 48.1 Å². The van der Waals surface area contributed by atoms with Gasteiger partial charge in [0, 0.05) is 5.02 Å². The summed E-state index contributed by atoms with van der Waals surface area (Å²) in [6, 6.07) is 7.20. The maximum atomic E-state index is 12.0. The smallest absolute Gasteiger partial charge is 0.325 e. The van der Waals surface area contributed by atoms with Crippen molar-refractivity contribution in [3.63, 3.8) is 0 Å². The maximum absolute atomic E-state index is 12.0. The number of halogens is 1. The summed E-state index contributed by atoms with van der Waals surface area (Å²) in [5, 5.41) is 2.78. The largest absolute Gasteiger partial charge is 0.465 e. The molecule has 1 N–H and O–H groups in total. The minimum atomic E-state index is -0.505. The molecule has 1 aromatic rings. The Labute approximate surface area is 143 Å². The Hall–Kier alpha value is -1.73. The van der Waals surface area contributed by atoms with Crippen LogP contribution in [0, 0.1) is 0 Å². The number of nitrogens with one attached hydrogen (secondary N) is 1. The second kappa shape index (κ2) is 8.21. The molecule has 124 valence electrons. The molecule has 1 saturated heterocycles. The standard InChI is InChI=1S/C15H17ClN2O4S/c1-2-22-14(21)7-17-12(19)8-18-13(20)9-23-15(18)10-4-3-5-11(16)6-10/h3-6,15H,2,7-9H2,1H3,(H,17,19). The van der Waals surface area contributed by atoms with Crippen molar-refractivity contribution in [2.45, 2.75) is 12.3 Å². The first kappa shape index (κ1) is 17.6.